The third-order valence-electron chi connectivity index (χ3n) is 6.72. The van der Waals surface area contributed by atoms with Crippen LogP contribution < -0.4 is 4.74 Å². The molecule has 8 heteroatoms. The smallest absolute Gasteiger partial charge is 0.256 e. The molecule has 0 aliphatic carbocycles. The zero-order chi connectivity index (χ0) is 24.1. The van der Waals surface area contributed by atoms with Crippen LogP contribution in [-0.2, 0) is 4.79 Å². The van der Waals surface area contributed by atoms with Crippen molar-refractivity contribution in [1.29, 1.82) is 0 Å². The summed E-state index contributed by atoms with van der Waals surface area (Å²) in [7, 11) is 0. The number of rotatable bonds is 6. The van der Waals surface area contributed by atoms with Crippen LogP contribution in [0.3, 0.4) is 0 Å². The molecule has 5 nitrogen and oxygen atoms in total. The number of amides is 2. The lowest BCUT2D eigenvalue weighted by Gasteiger charge is -2.43. The Morgan fingerprint density at radius 1 is 0.853 bits per heavy atom. The molecule has 0 aromatic heterocycles. The van der Waals surface area contributed by atoms with Crippen LogP contribution in [0.1, 0.15) is 48.9 Å². The fourth-order valence-electron chi connectivity index (χ4n) is 4.90. The molecule has 1 atom stereocenters. The minimum absolute atomic E-state index is 0.129. The molecule has 2 saturated heterocycles. The van der Waals surface area contributed by atoms with E-state index in [9.17, 15) is 9.59 Å². The van der Waals surface area contributed by atoms with Gasteiger partial charge in [0, 0.05) is 43.0 Å². The van der Waals surface area contributed by atoms with Crippen molar-refractivity contribution in [2.24, 2.45) is 5.41 Å². The Kier molecular flexibility index (Phi) is 8.28. The first-order valence-corrected chi connectivity index (χ1v) is 12.9. The molecule has 4 rings (SSSR count). The Balaban J connectivity index is 1.56. The minimum atomic E-state index is -0.504. The van der Waals surface area contributed by atoms with Gasteiger partial charge in [-0.3, -0.25) is 9.59 Å². The van der Waals surface area contributed by atoms with Crippen LogP contribution in [0, 0.1) is 5.41 Å². The van der Waals surface area contributed by atoms with Crippen LogP contribution in [0.2, 0.25) is 15.1 Å². The van der Waals surface area contributed by atoms with Crippen molar-refractivity contribution in [3.8, 4) is 5.75 Å². The number of carbonyl (C=O) groups excluding carboxylic acids is 2. The number of likely N-dealkylation sites (tertiary alicyclic amines) is 2. The Morgan fingerprint density at radius 3 is 2.18 bits per heavy atom. The predicted molar refractivity (Wildman–Crippen MR) is 136 cm³/mol. The van der Waals surface area contributed by atoms with Crippen molar-refractivity contribution in [2.75, 3.05) is 32.8 Å². The van der Waals surface area contributed by atoms with Gasteiger partial charge in [-0.25, -0.2) is 0 Å². The van der Waals surface area contributed by atoms with Crippen LogP contribution in [0.15, 0.2) is 42.5 Å². The van der Waals surface area contributed by atoms with Crippen molar-refractivity contribution in [3.63, 3.8) is 0 Å². The Bertz CT molecular complexity index is 1000. The van der Waals surface area contributed by atoms with Gasteiger partial charge in [0.2, 0.25) is 5.91 Å². The second kappa shape index (κ2) is 11.2. The van der Waals surface area contributed by atoms with Gasteiger partial charge in [-0.2, -0.15) is 0 Å². The van der Waals surface area contributed by atoms with Gasteiger partial charge < -0.3 is 14.5 Å². The molecule has 2 aromatic carbocycles. The number of piperidine rings is 2. The van der Waals surface area contributed by atoms with Crippen LogP contribution in [0.5, 0.6) is 5.75 Å². The highest BCUT2D eigenvalue weighted by molar-refractivity contribution is 6.39. The molecule has 2 aliphatic rings. The van der Waals surface area contributed by atoms with Crippen LogP contribution in [-0.4, -0.2) is 54.4 Å². The largest absolute Gasteiger partial charge is 0.493 e. The molecule has 0 N–H and O–H groups in total. The van der Waals surface area contributed by atoms with E-state index in [2.05, 4.69) is 0 Å². The summed E-state index contributed by atoms with van der Waals surface area (Å²) < 4.78 is 6.15. The summed E-state index contributed by atoms with van der Waals surface area (Å²) in [4.78, 5) is 30.5. The van der Waals surface area contributed by atoms with Crippen LogP contribution in [0.25, 0.3) is 0 Å². The van der Waals surface area contributed by atoms with E-state index in [0.29, 0.717) is 52.5 Å². The maximum absolute atomic E-state index is 13.4. The molecule has 0 unspecified atom stereocenters. The SMILES string of the molecule is O=C(C[C@@]1(COc2ccc(Cl)cc2)CCCN(C(=O)c2c(Cl)cccc2Cl)C1)N1CCCCC1. The molecule has 2 heterocycles. The summed E-state index contributed by atoms with van der Waals surface area (Å²) in [5, 5.41) is 1.29. The third-order valence-corrected chi connectivity index (χ3v) is 7.60. The number of nitrogens with zero attached hydrogens (tertiary/aromatic N) is 2. The Hall–Kier alpha value is -1.95. The lowest BCUT2D eigenvalue weighted by atomic mass is 9.77. The second-order valence-electron chi connectivity index (χ2n) is 9.29. The maximum atomic E-state index is 13.4. The highest BCUT2D eigenvalue weighted by Gasteiger charge is 2.41. The first kappa shape index (κ1) is 25.2. The minimum Gasteiger partial charge on any atom is -0.493 e. The van der Waals surface area contributed by atoms with Gasteiger partial charge >= 0.3 is 0 Å². The summed E-state index contributed by atoms with van der Waals surface area (Å²) in [6, 6.07) is 12.2. The van der Waals surface area contributed by atoms with Crippen molar-refractivity contribution in [1.82, 2.24) is 9.80 Å². The molecule has 0 bridgehead atoms. The summed E-state index contributed by atoms with van der Waals surface area (Å²) in [6.45, 7) is 2.91. The second-order valence-corrected chi connectivity index (χ2v) is 10.5. The monoisotopic (exact) mass is 522 g/mol. The zero-order valence-electron chi connectivity index (χ0n) is 19.1. The maximum Gasteiger partial charge on any atom is 0.256 e. The fourth-order valence-corrected chi connectivity index (χ4v) is 5.58. The number of halogens is 3. The standard InChI is InChI=1S/C26H29Cl3N2O3/c27-19-8-10-20(11-9-19)34-18-26(16-23(32)30-13-2-1-3-14-30)12-5-15-31(17-26)25(33)24-21(28)6-4-7-22(24)29/h4,6-11H,1-3,5,12-18H2/t26-/m0/s1. The molecule has 34 heavy (non-hydrogen) atoms. The van der Waals surface area contributed by atoms with Gasteiger partial charge in [0.1, 0.15) is 5.75 Å². The zero-order valence-corrected chi connectivity index (χ0v) is 21.3. The summed E-state index contributed by atoms with van der Waals surface area (Å²) in [6.07, 6.45) is 5.13. The molecule has 0 radical (unpaired) electrons. The summed E-state index contributed by atoms with van der Waals surface area (Å²) in [5.41, 5.74) is -0.196. The number of ether oxygens (including phenoxy) is 1. The summed E-state index contributed by atoms with van der Waals surface area (Å²) >= 11 is 18.7. The molecular formula is C26H29Cl3N2O3. The van der Waals surface area contributed by atoms with Gasteiger partial charge in [-0.15, -0.1) is 0 Å². The van der Waals surface area contributed by atoms with E-state index in [1.54, 1.807) is 35.2 Å². The average Bonchev–Trinajstić information content (AvgIpc) is 2.84. The van der Waals surface area contributed by atoms with E-state index in [1.165, 1.54) is 0 Å². The van der Waals surface area contributed by atoms with Crippen molar-refractivity contribution < 1.29 is 14.3 Å². The van der Waals surface area contributed by atoms with E-state index in [0.717, 1.165) is 45.2 Å². The van der Waals surface area contributed by atoms with E-state index in [4.69, 9.17) is 39.5 Å². The third kappa shape index (κ3) is 5.99. The van der Waals surface area contributed by atoms with Crippen molar-refractivity contribution in [2.45, 2.75) is 38.5 Å². The van der Waals surface area contributed by atoms with Gasteiger partial charge in [0.25, 0.3) is 5.91 Å². The first-order chi connectivity index (χ1) is 16.4. The molecule has 0 spiro atoms. The Labute approximate surface area is 215 Å². The number of benzene rings is 2. The molecule has 2 aliphatic heterocycles. The molecule has 182 valence electrons. The molecular weight excluding hydrogens is 495 g/mol. The molecule has 2 aromatic rings. The van der Waals surface area contributed by atoms with E-state index in [-0.39, 0.29) is 11.8 Å². The number of hydrogen-bond acceptors (Lipinski definition) is 3. The highest BCUT2D eigenvalue weighted by atomic mass is 35.5. The lowest BCUT2D eigenvalue weighted by Crippen LogP contribution is -2.51. The van der Waals surface area contributed by atoms with Crippen molar-refractivity contribution >= 4 is 46.6 Å². The van der Waals surface area contributed by atoms with Gasteiger partial charge in [-0.1, -0.05) is 40.9 Å². The first-order valence-electron chi connectivity index (χ1n) is 11.8. The van der Waals surface area contributed by atoms with Gasteiger partial charge in [0.15, 0.2) is 0 Å². The fraction of sp³-hybridized carbons (Fsp3) is 0.462. The van der Waals surface area contributed by atoms with Gasteiger partial charge in [-0.05, 0) is 68.5 Å². The predicted octanol–water partition coefficient (Wildman–Crippen LogP) is 6.35. The van der Waals surface area contributed by atoms with Gasteiger partial charge in [0.05, 0.1) is 22.2 Å². The molecule has 0 saturated carbocycles. The lowest BCUT2D eigenvalue weighted by molar-refractivity contribution is -0.136. The molecule has 2 amide bonds. The Morgan fingerprint density at radius 2 is 1.50 bits per heavy atom. The number of hydrogen-bond donors (Lipinski definition) is 0. The van der Waals surface area contributed by atoms with E-state index in [1.807, 2.05) is 17.0 Å². The average molecular weight is 524 g/mol. The van der Waals surface area contributed by atoms with Crippen LogP contribution in [0.4, 0.5) is 0 Å². The normalized spacial score (nSPS) is 20.8. The molecule has 2 fully saturated rings. The van der Waals surface area contributed by atoms with E-state index < -0.39 is 5.41 Å². The van der Waals surface area contributed by atoms with E-state index >= 15 is 0 Å². The highest BCUT2D eigenvalue weighted by Crippen LogP contribution is 2.37. The quantitative estimate of drug-likeness (QED) is 0.443. The van der Waals surface area contributed by atoms with Crippen LogP contribution >= 0.6 is 34.8 Å². The number of carbonyl (C=O) groups is 2. The topological polar surface area (TPSA) is 49.9 Å². The van der Waals surface area contributed by atoms with Crippen molar-refractivity contribution in [3.05, 3.63) is 63.1 Å². The summed E-state index contributed by atoms with van der Waals surface area (Å²) in [5.74, 6) is 0.605.